The van der Waals surface area contributed by atoms with E-state index in [4.69, 9.17) is 4.74 Å². The molecule has 1 aliphatic heterocycles. The minimum atomic E-state index is -3.68. The predicted molar refractivity (Wildman–Crippen MR) is 97.2 cm³/mol. The van der Waals surface area contributed by atoms with Crippen LogP contribution in [0.1, 0.15) is 43.5 Å². The Labute approximate surface area is 155 Å². The number of carbonyl (C=O) groups is 2. The second kappa shape index (κ2) is 8.18. The molecule has 0 bridgehead atoms. The van der Waals surface area contributed by atoms with Crippen LogP contribution in [0.4, 0.5) is 0 Å². The topological polar surface area (TPSA) is 84.0 Å². The van der Waals surface area contributed by atoms with E-state index in [0.29, 0.717) is 6.54 Å². The summed E-state index contributed by atoms with van der Waals surface area (Å²) in [6, 6.07) is 5.71. The molecular formula is C18H26N2O5S. The van der Waals surface area contributed by atoms with Gasteiger partial charge >= 0.3 is 5.97 Å². The molecule has 8 heteroatoms. The van der Waals surface area contributed by atoms with Crippen LogP contribution in [-0.2, 0) is 19.6 Å². The fourth-order valence-electron chi connectivity index (χ4n) is 2.99. The van der Waals surface area contributed by atoms with Gasteiger partial charge in [0.25, 0.3) is 5.91 Å². The number of hydrogen-bond donors (Lipinski definition) is 0. The third-order valence-electron chi connectivity index (χ3n) is 4.49. The fourth-order valence-corrected chi connectivity index (χ4v) is 4.74. The van der Waals surface area contributed by atoms with Crippen LogP contribution in [0, 0.1) is 0 Å². The molecule has 1 aromatic rings. The Kier molecular flexibility index (Phi) is 6.41. The van der Waals surface area contributed by atoms with Crippen molar-refractivity contribution in [3.63, 3.8) is 0 Å². The Morgan fingerprint density at radius 1 is 1.27 bits per heavy atom. The summed E-state index contributed by atoms with van der Waals surface area (Å²) >= 11 is 0. The number of carbonyl (C=O) groups excluding carboxylic acids is 2. The molecule has 1 heterocycles. The van der Waals surface area contributed by atoms with Crippen molar-refractivity contribution in [2.75, 3.05) is 20.6 Å². The molecule has 2 atom stereocenters. The van der Waals surface area contributed by atoms with Crippen LogP contribution in [0.2, 0.25) is 0 Å². The van der Waals surface area contributed by atoms with Gasteiger partial charge in [0.2, 0.25) is 10.0 Å². The van der Waals surface area contributed by atoms with Gasteiger partial charge in [-0.1, -0.05) is 12.5 Å². The van der Waals surface area contributed by atoms with Crippen molar-refractivity contribution < 1.29 is 22.7 Å². The highest BCUT2D eigenvalue weighted by Gasteiger charge is 2.31. The first kappa shape index (κ1) is 20.4. The van der Waals surface area contributed by atoms with Crippen molar-refractivity contribution in [2.24, 2.45) is 0 Å². The van der Waals surface area contributed by atoms with Crippen molar-refractivity contribution in [3.05, 3.63) is 29.8 Å². The van der Waals surface area contributed by atoms with Crippen molar-refractivity contribution >= 4 is 21.9 Å². The first-order valence-corrected chi connectivity index (χ1v) is 10.1. The number of sulfonamides is 1. The minimum Gasteiger partial charge on any atom is -0.449 e. The zero-order valence-corrected chi connectivity index (χ0v) is 16.5. The number of piperidine rings is 1. The molecule has 0 radical (unpaired) electrons. The van der Waals surface area contributed by atoms with Gasteiger partial charge in [0.05, 0.1) is 10.5 Å². The average molecular weight is 382 g/mol. The largest absolute Gasteiger partial charge is 0.449 e. The van der Waals surface area contributed by atoms with Gasteiger partial charge in [-0.2, -0.15) is 4.31 Å². The lowest BCUT2D eigenvalue weighted by molar-refractivity contribution is -0.137. The van der Waals surface area contributed by atoms with E-state index in [9.17, 15) is 18.0 Å². The van der Waals surface area contributed by atoms with E-state index in [2.05, 4.69) is 0 Å². The average Bonchev–Trinajstić information content (AvgIpc) is 2.61. The fraction of sp³-hybridized carbons (Fsp3) is 0.556. The normalized spacial score (nSPS) is 19.6. The minimum absolute atomic E-state index is 0.0623. The Bertz CT molecular complexity index is 776. The zero-order valence-electron chi connectivity index (χ0n) is 15.6. The first-order valence-electron chi connectivity index (χ1n) is 8.68. The molecule has 0 saturated carbocycles. The number of benzene rings is 1. The standard InChI is InChI=1S/C18H26N2O5S/c1-13-8-5-6-11-20(13)26(23,24)16-10-7-9-15(12-16)18(22)25-14(2)17(21)19(3)4/h7,9-10,12-14H,5-6,8,11H2,1-4H3/t13-,14+/m1/s1. The van der Waals surface area contributed by atoms with Gasteiger partial charge in [-0.05, 0) is 44.9 Å². The van der Waals surface area contributed by atoms with Crippen LogP contribution in [0.25, 0.3) is 0 Å². The van der Waals surface area contributed by atoms with E-state index in [-0.39, 0.29) is 22.4 Å². The van der Waals surface area contributed by atoms with Crippen molar-refractivity contribution in [1.82, 2.24) is 9.21 Å². The summed E-state index contributed by atoms with van der Waals surface area (Å²) in [6.45, 7) is 3.85. The zero-order chi connectivity index (χ0) is 19.5. The summed E-state index contributed by atoms with van der Waals surface area (Å²) in [7, 11) is -0.537. The molecule has 1 fully saturated rings. The maximum Gasteiger partial charge on any atom is 0.338 e. The van der Waals surface area contributed by atoms with Gasteiger partial charge in [-0.15, -0.1) is 0 Å². The van der Waals surface area contributed by atoms with E-state index < -0.39 is 22.1 Å². The van der Waals surface area contributed by atoms with Gasteiger partial charge in [0.1, 0.15) is 0 Å². The number of esters is 1. The highest BCUT2D eigenvalue weighted by molar-refractivity contribution is 7.89. The van der Waals surface area contributed by atoms with Gasteiger partial charge in [0, 0.05) is 26.7 Å². The SMILES string of the molecule is C[C@H](OC(=O)c1cccc(S(=O)(=O)N2CCCC[C@H]2C)c1)C(=O)N(C)C. The molecule has 1 aliphatic rings. The summed E-state index contributed by atoms with van der Waals surface area (Å²) in [4.78, 5) is 25.5. The molecule has 0 N–H and O–H groups in total. The van der Waals surface area contributed by atoms with Crippen LogP contribution in [-0.4, -0.2) is 62.3 Å². The lowest BCUT2D eigenvalue weighted by Gasteiger charge is -2.32. The Balaban J connectivity index is 2.21. The second-order valence-electron chi connectivity index (χ2n) is 6.77. The smallest absolute Gasteiger partial charge is 0.338 e. The van der Waals surface area contributed by atoms with Crippen LogP contribution < -0.4 is 0 Å². The molecule has 0 aliphatic carbocycles. The second-order valence-corrected chi connectivity index (χ2v) is 8.66. The molecule has 1 saturated heterocycles. The summed E-state index contributed by atoms with van der Waals surface area (Å²) in [5, 5.41) is 0. The van der Waals surface area contributed by atoms with E-state index in [0.717, 1.165) is 19.3 Å². The number of nitrogens with zero attached hydrogens (tertiary/aromatic N) is 2. The number of ether oxygens (including phenoxy) is 1. The molecule has 0 aromatic heterocycles. The van der Waals surface area contributed by atoms with E-state index in [1.54, 1.807) is 14.1 Å². The molecule has 0 unspecified atom stereocenters. The highest BCUT2D eigenvalue weighted by Crippen LogP contribution is 2.25. The van der Waals surface area contributed by atoms with Crippen molar-refractivity contribution in [1.29, 1.82) is 0 Å². The molecule has 7 nitrogen and oxygen atoms in total. The highest BCUT2D eigenvalue weighted by atomic mass is 32.2. The Morgan fingerprint density at radius 3 is 2.58 bits per heavy atom. The van der Waals surface area contributed by atoms with Crippen LogP contribution >= 0.6 is 0 Å². The third-order valence-corrected chi connectivity index (χ3v) is 6.50. The number of hydrogen-bond acceptors (Lipinski definition) is 5. The first-order chi connectivity index (χ1) is 12.1. The quantitative estimate of drug-likeness (QED) is 0.726. The molecule has 1 aromatic carbocycles. The van der Waals surface area contributed by atoms with Gasteiger partial charge < -0.3 is 9.64 Å². The predicted octanol–water partition coefficient (Wildman–Crippen LogP) is 1.88. The van der Waals surface area contributed by atoms with E-state index in [1.807, 2.05) is 6.92 Å². The lowest BCUT2D eigenvalue weighted by atomic mass is 10.1. The van der Waals surface area contributed by atoms with E-state index >= 15 is 0 Å². The Morgan fingerprint density at radius 2 is 1.96 bits per heavy atom. The molecule has 0 spiro atoms. The number of likely N-dealkylation sites (N-methyl/N-ethyl adjacent to an activating group) is 1. The maximum atomic E-state index is 12.9. The van der Waals surface area contributed by atoms with Gasteiger partial charge in [0.15, 0.2) is 6.10 Å². The molecule has 26 heavy (non-hydrogen) atoms. The number of rotatable bonds is 5. The van der Waals surface area contributed by atoms with Crippen LogP contribution in [0.5, 0.6) is 0 Å². The lowest BCUT2D eigenvalue weighted by Crippen LogP contribution is -2.41. The summed E-state index contributed by atoms with van der Waals surface area (Å²) in [5.74, 6) is -1.07. The van der Waals surface area contributed by atoms with Crippen LogP contribution in [0.15, 0.2) is 29.2 Å². The molecule has 2 rings (SSSR count). The summed E-state index contributed by atoms with van der Waals surface area (Å²) in [5.41, 5.74) is 0.106. The maximum absolute atomic E-state index is 12.9. The van der Waals surface area contributed by atoms with Crippen molar-refractivity contribution in [2.45, 2.75) is 50.2 Å². The molecule has 144 valence electrons. The number of amides is 1. The summed E-state index contributed by atoms with van der Waals surface area (Å²) in [6.07, 6.45) is 1.72. The third kappa shape index (κ3) is 4.42. The Hall–Kier alpha value is -1.93. The van der Waals surface area contributed by atoms with E-state index in [1.165, 1.54) is 40.4 Å². The molecular weight excluding hydrogens is 356 g/mol. The summed E-state index contributed by atoms with van der Waals surface area (Å²) < 4.78 is 32.5. The molecule has 1 amide bonds. The van der Waals surface area contributed by atoms with Crippen molar-refractivity contribution in [3.8, 4) is 0 Å². The van der Waals surface area contributed by atoms with Crippen LogP contribution in [0.3, 0.4) is 0 Å². The van der Waals surface area contributed by atoms with Gasteiger partial charge in [-0.25, -0.2) is 13.2 Å². The van der Waals surface area contributed by atoms with Gasteiger partial charge in [-0.3, -0.25) is 4.79 Å². The monoisotopic (exact) mass is 382 g/mol.